The summed E-state index contributed by atoms with van der Waals surface area (Å²) in [6.07, 6.45) is 7.88. The van der Waals surface area contributed by atoms with Crippen molar-refractivity contribution < 1.29 is 14.3 Å². The Morgan fingerprint density at radius 1 is 1.05 bits per heavy atom. The number of benzene rings is 1. The van der Waals surface area contributed by atoms with E-state index in [1.807, 2.05) is 48.3 Å². The molecule has 2 saturated carbocycles. The number of aromatic nitrogens is 5. The second-order valence-corrected chi connectivity index (χ2v) is 11.9. The summed E-state index contributed by atoms with van der Waals surface area (Å²) in [6, 6.07) is 13.6. The molecular formula is C32H33N7O3. The number of amides is 1. The van der Waals surface area contributed by atoms with E-state index in [0.717, 1.165) is 59.5 Å². The van der Waals surface area contributed by atoms with E-state index in [1.54, 1.807) is 19.5 Å². The monoisotopic (exact) mass is 563 g/mol. The molecule has 0 radical (unpaired) electrons. The van der Waals surface area contributed by atoms with Crippen molar-refractivity contribution in [3.05, 3.63) is 60.4 Å². The molecule has 1 saturated heterocycles. The molecule has 8 rings (SSSR count). The Morgan fingerprint density at radius 2 is 1.88 bits per heavy atom. The number of imidazole rings is 1. The number of hydrogen-bond acceptors (Lipinski definition) is 7. The Balaban J connectivity index is 1.21. The van der Waals surface area contributed by atoms with Crippen molar-refractivity contribution in [2.75, 3.05) is 13.7 Å². The Kier molecular flexibility index (Phi) is 5.75. The molecule has 42 heavy (non-hydrogen) atoms. The quantitative estimate of drug-likeness (QED) is 0.304. The van der Waals surface area contributed by atoms with Crippen molar-refractivity contribution in [1.29, 1.82) is 0 Å². The molecule has 3 fully saturated rings. The van der Waals surface area contributed by atoms with Crippen LogP contribution < -0.4 is 15.2 Å². The molecule has 2 N–H and O–H groups in total. The molecule has 5 aromatic rings. The zero-order valence-electron chi connectivity index (χ0n) is 23.7. The van der Waals surface area contributed by atoms with Gasteiger partial charge in [-0.1, -0.05) is 0 Å². The van der Waals surface area contributed by atoms with Gasteiger partial charge in [-0.05, 0) is 73.9 Å². The zero-order valence-corrected chi connectivity index (χ0v) is 23.7. The lowest BCUT2D eigenvalue weighted by Crippen LogP contribution is -2.41. The average Bonchev–Trinajstić information content (AvgIpc) is 3.42. The normalized spacial score (nSPS) is 21.5. The highest BCUT2D eigenvalue weighted by Crippen LogP contribution is 2.40. The second-order valence-electron chi connectivity index (χ2n) is 11.9. The van der Waals surface area contributed by atoms with E-state index in [2.05, 4.69) is 20.2 Å². The maximum Gasteiger partial charge on any atom is 0.254 e. The third-order valence-corrected chi connectivity index (χ3v) is 9.27. The third-order valence-electron chi connectivity index (χ3n) is 9.27. The molecule has 1 aromatic carbocycles. The Hall–Kier alpha value is -4.44. The third kappa shape index (κ3) is 4.04. The lowest BCUT2D eigenvalue weighted by molar-refractivity contribution is 0.0700. The Labute approximate surface area is 243 Å². The van der Waals surface area contributed by atoms with Gasteiger partial charge in [0.25, 0.3) is 5.91 Å². The highest BCUT2D eigenvalue weighted by molar-refractivity contribution is 6.00. The SMILES string of the molecule is COc1cc(C(=O)N2CC3CCC2[C@@H]3N)cc2nc(-c3cc4ccc(Oc5ccncc5)nc4n3CC3CC3)n(C)c12. The summed E-state index contributed by atoms with van der Waals surface area (Å²) in [5.74, 6) is 3.64. The Morgan fingerprint density at radius 3 is 2.60 bits per heavy atom. The van der Waals surface area contributed by atoms with Crippen LogP contribution in [0.4, 0.5) is 0 Å². The molecule has 2 unspecified atom stereocenters. The molecule has 2 aliphatic carbocycles. The van der Waals surface area contributed by atoms with Crippen LogP contribution in [0.5, 0.6) is 17.4 Å². The summed E-state index contributed by atoms with van der Waals surface area (Å²) in [6.45, 7) is 1.58. The van der Waals surface area contributed by atoms with Gasteiger partial charge in [0.1, 0.15) is 22.7 Å². The van der Waals surface area contributed by atoms with E-state index in [0.29, 0.717) is 34.8 Å². The molecule has 1 amide bonds. The molecule has 0 spiro atoms. The van der Waals surface area contributed by atoms with Crippen LogP contribution in [0.2, 0.25) is 0 Å². The van der Waals surface area contributed by atoms with Crippen LogP contribution in [0.25, 0.3) is 33.6 Å². The number of nitrogens with zero attached hydrogens (tertiary/aromatic N) is 6. The van der Waals surface area contributed by atoms with Gasteiger partial charge in [0.15, 0.2) is 5.82 Å². The predicted octanol–water partition coefficient (Wildman–Crippen LogP) is 4.76. The molecule has 4 aromatic heterocycles. The number of piperidine rings is 1. The fourth-order valence-corrected chi connectivity index (χ4v) is 6.89. The number of nitrogens with two attached hydrogens (primary N) is 1. The highest BCUT2D eigenvalue weighted by Gasteiger charge is 2.47. The average molecular weight is 564 g/mol. The number of rotatable bonds is 7. The summed E-state index contributed by atoms with van der Waals surface area (Å²) in [5, 5.41) is 1.02. The van der Waals surface area contributed by atoms with E-state index >= 15 is 0 Å². The minimum absolute atomic E-state index is 0.00109. The number of fused-ring (bicyclic) bond motifs is 4. The minimum Gasteiger partial charge on any atom is -0.494 e. The van der Waals surface area contributed by atoms with Gasteiger partial charge in [0, 0.05) is 61.6 Å². The summed E-state index contributed by atoms with van der Waals surface area (Å²) < 4.78 is 16.2. The molecule has 10 heteroatoms. The second kappa shape index (κ2) is 9.55. The van der Waals surface area contributed by atoms with E-state index in [4.69, 9.17) is 25.2 Å². The maximum absolute atomic E-state index is 13.7. The number of ether oxygens (including phenoxy) is 2. The van der Waals surface area contributed by atoms with Gasteiger partial charge in [-0.15, -0.1) is 0 Å². The van der Waals surface area contributed by atoms with Gasteiger partial charge in [0.05, 0.1) is 18.3 Å². The molecule has 2 bridgehead atoms. The number of carbonyl (C=O) groups excluding carboxylic acids is 1. The Bertz CT molecular complexity index is 1840. The molecule has 1 aliphatic heterocycles. The van der Waals surface area contributed by atoms with Crippen molar-refractivity contribution in [2.45, 2.75) is 44.3 Å². The van der Waals surface area contributed by atoms with Gasteiger partial charge in [0.2, 0.25) is 5.88 Å². The van der Waals surface area contributed by atoms with Crippen molar-refractivity contribution in [3.63, 3.8) is 0 Å². The van der Waals surface area contributed by atoms with Crippen molar-refractivity contribution in [2.24, 2.45) is 24.6 Å². The topological polar surface area (TPSA) is 113 Å². The molecule has 3 atom stereocenters. The first kappa shape index (κ1) is 25.3. The molecule has 214 valence electrons. The van der Waals surface area contributed by atoms with E-state index in [1.165, 1.54) is 12.8 Å². The van der Waals surface area contributed by atoms with Crippen LogP contribution in [0.3, 0.4) is 0 Å². The van der Waals surface area contributed by atoms with Crippen molar-refractivity contribution in [1.82, 2.24) is 29.0 Å². The number of aryl methyl sites for hydroxylation is 1. The summed E-state index contributed by atoms with van der Waals surface area (Å²) >= 11 is 0. The molecule has 10 nitrogen and oxygen atoms in total. The van der Waals surface area contributed by atoms with E-state index in [-0.39, 0.29) is 18.0 Å². The maximum atomic E-state index is 13.7. The number of carbonyl (C=O) groups is 1. The summed E-state index contributed by atoms with van der Waals surface area (Å²) in [5.41, 5.74) is 10.4. The van der Waals surface area contributed by atoms with Crippen LogP contribution in [-0.2, 0) is 13.6 Å². The van der Waals surface area contributed by atoms with E-state index in [9.17, 15) is 4.79 Å². The van der Waals surface area contributed by atoms with Crippen molar-refractivity contribution in [3.8, 4) is 28.9 Å². The van der Waals surface area contributed by atoms with Crippen LogP contribution in [0, 0.1) is 11.8 Å². The molecule has 5 heterocycles. The number of methoxy groups -OCH3 is 1. The van der Waals surface area contributed by atoms with Gasteiger partial charge in [-0.25, -0.2) is 4.98 Å². The fraction of sp³-hybridized carbons (Fsp3) is 0.375. The van der Waals surface area contributed by atoms with Crippen LogP contribution in [-0.4, -0.2) is 60.6 Å². The molecule has 3 aliphatic rings. The number of likely N-dealkylation sites (tertiary alicyclic amines) is 1. The first-order chi connectivity index (χ1) is 20.5. The van der Waals surface area contributed by atoms with Crippen LogP contribution in [0.15, 0.2) is 54.9 Å². The lowest BCUT2D eigenvalue weighted by atomic mass is 10.1. The largest absolute Gasteiger partial charge is 0.494 e. The van der Waals surface area contributed by atoms with Crippen LogP contribution >= 0.6 is 0 Å². The molecular weight excluding hydrogens is 530 g/mol. The first-order valence-electron chi connectivity index (χ1n) is 14.7. The van der Waals surface area contributed by atoms with Gasteiger partial charge < -0.3 is 29.2 Å². The number of hydrogen-bond donors (Lipinski definition) is 1. The lowest BCUT2D eigenvalue weighted by Gasteiger charge is -2.27. The summed E-state index contributed by atoms with van der Waals surface area (Å²) in [7, 11) is 3.64. The first-order valence-corrected chi connectivity index (χ1v) is 14.7. The van der Waals surface area contributed by atoms with E-state index < -0.39 is 0 Å². The van der Waals surface area contributed by atoms with Gasteiger partial charge in [-0.2, -0.15) is 4.98 Å². The van der Waals surface area contributed by atoms with Crippen molar-refractivity contribution >= 4 is 28.0 Å². The standard InChI is InChI=1S/C32H33N7O3/c1-37-29-23(13-21(15-26(29)41-2)32(40)39-17-20-5-7-24(39)28(20)33)35-31(37)25-14-19-6-8-27(42-22-9-11-34-12-10-22)36-30(19)38(25)16-18-3-4-18/h6,8-15,18,20,24,28H,3-5,7,16-17,33H2,1-2H3/t20?,24?,28-/m1/s1. The zero-order chi connectivity index (χ0) is 28.5. The van der Waals surface area contributed by atoms with Crippen LogP contribution in [0.1, 0.15) is 36.0 Å². The highest BCUT2D eigenvalue weighted by atomic mass is 16.5. The van der Waals surface area contributed by atoms with Gasteiger partial charge >= 0.3 is 0 Å². The predicted molar refractivity (Wildman–Crippen MR) is 159 cm³/mol. The fourth-order valence-electron chi connectivity index (χ4n) is 6.89. The smallest absolute Gasteiger partial charge is 0.254 e. The number of pyridine rings is 2. The summed E-state index contributed by atoms with van der Waals surface area (Å²) in [4.78, 5) is 29.7. The van der Waals surface area contributed by atoms with Gasteiger partial charge in [-0.3, -0.25) is 9.78 Å². The minimum atomic E-state index is -0.00109.